The third-order valence-electron chi connectivity index (χ3n) is 11.0. The van der Waals surface area contributed by atoms with E-state index in [2.05, 4.69) is 42.6 Å². The molecular formula is C45H45ClN6O5S3. The quantitative estimate of drug-likeness (QED) is 0.0586. The number of carbonyl (C=O) groups is 1. The van der Waals surface area contributed by atoms with Crippen LogP contribution in [0.25, 0.3) is 22.0 Å². The molecule has 2 aliphatic heterocycles. The fraction of sp³-hybridized carbons (Fsp3) is 0.267. The molecule has 1 aromatic heterocycles. The van der Waals surface area contributed by atoms with E-state index in [1.54, 1.807) is 23.9 Å². The van der Waals surface area contributed by atoms with Crippen molar-refractivity contribution in [3.63, 3.8) is 0 Å². The fourth-order valence-electron chi connectivity index (χ4n) is 7.84. The lowest BCUT2D eigenvalue weighted by molar-refractivity contribution is -0.384. The minimum absolute atomic E-state index is 0.125. The molecule has 1 saturated heterocycles. The molecule has 0 aliphatic carbocycles. The maximum atomic E-state index is 13.6. The second-order valence-electron chi connectivity index (χ2n) is 15.0. The summed E-state index contributed by atoms with van der Waals surface area (Å²) in [4.78, 5) is 30.8. The first-order valence-electron chi connectivity index (χ1n) is 19.9. The maximum absolute atomic E-state index is 13.6. The average molecular weight is 882 g/mol. The second kappa shape index (κ2) is 18.8. The molecule has 0 spiro atoms. The fourth-order valence-corrected chi connectivity index (χ4v) is 10.9. The molecule has 1 amide bonds. The van der Waals surface area contributed by atoms with Gasteiger partial charge in [-0.1, -0.05) is 66.2 Å². The highest BCUT2D eigenvalue weighted by molar-refractivity contribution is 7.99. The lowest BCUT2D eigenvalue weighted by atomic mass is 9.99. The molecule has 1 fully saturated rings. The number of carbonyl (C=O) groups excluding carboxylic acids is 1. The number of anilines is 1. The summed E-state index contributed by atoms with van der Waals surface area (Å²) >= 11 is 9.76. The zero-order valence-electron chi connectivity index (χ0n) is 32.8. The highest BCUT2D eigenvalue weighted by Gasteiger charge is 2.27. The lowest BCUT2D eigenvalue weighted by Gasteiger charge is -2.29. The van der Waals surface area contributed by atoms with Crippen molar-refractivity contribution in [2.75, 3.05) is 48.8 Å². The van der Waals surface area contributed by atoms with E-state index in [1.165, 1.54) is 17.7 Å². The van der Waals surface area contributed by atoms with Crippen molar-refractivity contribution in [2.24, 2.45) is 0 Å². The molecule has 3 heterocycles. The third-order valence-corrected chi connectivity index (χ3v) is 14.7. The van der Waals surface area contributed by atoms with Gasteiger partial charge in [0.1, 0.15) is 5.69 Å². The molecule has 0 saturated carbocycles. The number of nitro groups is 1. The van der Waals surface area contributed by atoms with Crippen LogP contribution in [0.5, 0.6) is 0 Å². The van der Waals surface area contributed by atoms with Crippen molar-refractivity contribution in [1.82, 2.24) is 19.1 Å². The van der Waals surface area contributed by atoms with Gasteiger partial charge in [0.15, 0.2) is 0 Å². The Balaban J connectivity index is 0.949. The Bertz CT molecular complexity index is 2600. The number of hydrogen-bond donors (Lipinski definition) is 2. The smallest absolute Gasteiger partial charge is 0.293 e. The number of aromatic nitrogens is 1. The molecule has 60 heavy (non-hydrogen) atoms. The van der Waals surface area contributed by atoms with Crippen molar-refractivity contribution in [1.29, 1.82) is 0 Å². The van der Waals surface area contributed by atoms with E-state index in [1.807, 2.05) is 84.6 Å². The summed E-state index contributed by atoms with van der Waals surface area (Å²) in [6.45, 7) is 5.90. The molecule has 8 rings (SSSR count). The Morgan fingerprint density at radius 1 is 0.867 bits per heavy atom. The normalized spacial score (nSPS) is 15.3. The Morgan fingerprint density at radius 3 is 2.42 bits per heavy atom. The van der Waals surface area contributed by atoms with Crippen LogP contribution in [0.3, 0.4) is 0 Å². The van der Waals surface area contributed by atoms with Crippen molar-refractivity contribution >= 4 is 73.3 Å². The lowest BCUT2D eigenvalue weighted by Crippen LogP contribution is -2.36. The first kappa shape index (κ1) is 41.9. The van der Waals surface area contributed by atoms with Crippen LogP contribution in [0, 0.1) is 10.1 Å². The number of nitrogens with one attached hydrogen (secondary N) is 2. The van der Waals surface area contributed by atoms with Gasteiger partial charge in [0.2, 0.25) is 0 Å². The standard InChI is InChI=1S/C45H45ClN6O5S3/c46-36-13-10-32(11-14-36)41-9-5-4-6-34(41)29-50-20-21-51-38(30-50)27-35-26-33(12-17-43(35)51)45(53)48-60(56,57)40-15-16-42(44(28-40)52(54)55)47-37(18-19-49-22-24-58-25-23-49)31-59-39-7-2-1-3-8-39/h1-17,26-28,37,47H,18-25,29-31H2,(H,48,53). The van der Waals surface area contributed by atoms with Crippen molar-refractivity contribution in [3.8, 4) is 11.1 Å². The molecule has 0 bridgehead atoms. The molecule has 2 aliphatic rings. The van der Waals surface area contributed by atoms with Crippen LogP contribution < -0.4 is 10.0 Å². The van der Waals surface area contributed by atoms with Gasteiger partial charge in [-0.15, -0.1) is 11.8 Å². The van der Waals surface area contributed by atoms with E-state index < -0.39 is 20.9 Å². The number of thioether (sulfide) groups is 2. The molecule has 1 unspecified atom stereocenters. The predicted octanol–water partition coefficient (Wildman–Crippen LogP) is 9.02. The van der Waals surface area contributed by atoms with Crippen LogP contribution in [0.15, 0.2) is 131 Å². The highest BCUT2D eigenvalue weighted by Crippen LogP contribution is 2.32. The number of benzene rings is 5. The zero-order chi connectivity index (χ0) is 41.6. The predicted molar refractivity (Wildman–Crippen MR) is 244 cm³/mol. The number of sulfonamides is 1. The number of fused-ring (bicyclic) bond motifs is 3. The number of nitro benzene ring substituents is 1. The van der Waals surface area contributed by atoms with Gasteiger partial charge in [-0.3, -0.25) is 19.8 Å². The van der Waals surface area contributed by atoms with Crippen molar-refractivity contribution in [3.05, 3.63) is 153 Å². The summed E-state index contributed by atoms with van der Waals surface area (Å²) in [6.07, 6.45) is 0.755. The molecule has 5 aromatic carbocycles. The molecule has 6 aromatic rings. The second-order valence-corrected chi connectivity index (χ2v) is 19.5. The van der Waals surface area contributed by atoms with E-state index in [9.17, 15) is 23.3 Å². The topological polar surface area (TPSA) is 130 Å². The summed E-state index contributed by atoms with van der Waals surface area (Å²) in [5, 5.41) is 17.3. The molecule has 11 nitrogen and oxygen atoms in total. The first-order chi connectivity index (χ1) is 29.1. The van der Waals surface area contributed by atoms with Gasteiger partial charge in [0.05, 0.1) is 9.82 Å². The van der Waals surface area contributed by atoms with Gasteiger partial charge < -0.3 is 14.8 Å². The van der Waals surface area contributed by atoms with Crippen LogP contribution in [0.2, 0.25) is 5.02 Å². The van der Waals surface area contributed by atoms with Crippen LogP contribution in [-0.4, -0.2) is 83.1 Å². The van der Waals surface area contributed by atoms with E-state index >= 15 is 0 Å². The van der Waals surface area contributed by atoms with E-state index in [0.717, 1.165) is 95.9 Å². The number of halogens is 1. The SMILES string of the molecule is O=C(NS(=O)(=O)c1ccc(NC(CCN2CCSCC2)CSc2ccccc2)c([N+](=O)[O-])c1)c1ccc2c(c1)cc1n2CCN(Cc2ccccc2-c2ccc(Cl)cc2)C1. The Kier molecular flexibility index (Phi) is 13.1. The minimum Gasteiger partial charge on any atom is -0.376 e. The Labute approximate surface area is 363 Å². The van der Waals surface area contributed by atoms with Crippen molar-refractivity contribution in [2.45, 2.75) is 41.9 Å². The van der Waals surface area contributed by atoms with Gasteiger partial charge >= 0.3 is 0 Å². The Morgan fingerprint density at radius 2 is 1.63 bits per heavy atom. The number of rotatable bonds is 15. The van der Waals surface area contributed by atoms with Crippen LogP contribution in [-0.2, 0) is 29.7 Å². The van der Waals surface area contributed by atoms with E-state index in [-0.39, 0.29) is 27.9 Å². The summed E-state index contributed by atoms with van der Waals surface area (Å²) in [5.41, 5.74) is 5.55. The molecular weight excluding hydrogens is 836 g/mol. The molecule has 15 heteroatoms. The number of amides is 1. The largest absolute Gasteiger partial charge is 0.376 e. The van der Waals surface area contributed by atoms with Gasteiger partial charge in [-0.25, -0.2) is 13.1 Å². The average Bonchev–Trinajstić information content (AvgIpc) is 3.63. The van der Waals surface area contributed by atoms with Crippen molar-refractivity contribution < 1.29 is 18.1 Å². The molecule has 310 valence electrons. The summed E-state index contributed by atoms with van der Waals surface area (Å²) < 4.78 is 31.6. The van der Waals surface area contributed by atoms with E-state index in [0.29, 0.717) is 17.3 Å². The van der Waals surface area contributed by atoms with Gasteiger partial charge in [0.25, 0.3) is 21.6 Å². The van der Waals surface area contributed by atoms with Gasteiger partial charge in [0, 0.05) is 107 Å². The number of hydrogen-bond acceptors (Lipinski definition) is 10. The summed E-state index contributed by atoms with van der Waals surface area (Å²) in [5.74, 6) is 2.01. The van der Waals surface area contributed by atoms with Gasteiger partial charge in [-0.05, 0) is 83.8 Å². The van der Waals surface area contributed by atoms with Gasteiger partial charge in [-0.2, -0.15) is 11.8 Å². The number of nitrogens with zero attached hydrogens (tertiary/aromatic N) is 4. The van der Waals surface area contributed by atoms with Crippen LogP contribution in [0.1, 0.15) is 28.0 Å². The Hall–Kier alpha value is -4.83. The highest BCUT2D eigenvalue weighted by atomic mass is 35.5. The van der Waals surface area contributed by atoms with E-state index in [4.69, 9.17) is 11.6 Å². The maximum Gasteiger partial charge on any atom is 0.293 e. The molecule has 1 atom stereocenters. The minimum atomic E-state index is -4.46. The zero-order valence-corrected chi connectivity index (χ0v) is 36.0. The van der Waals surface area contributed by atoms with Crippen LogP contribution >= 0.6 is 35.1 Å². The summed E-state index contributed by atoms with van der Waals surface area (Å²) in [6, 6.07) is 37.0. The third kappa shape index (κ3) is 10.0. The molecule has 0 radical (unpaired) electrons. The molecule has 2 N–H and O–H groups in total. The summed E-state index contributed by atoms with van der Waals surface area (Å²) in [7, 11) is -4.46. The van der Waals surface area contributed by atoms with Crippen LogP contribution in [0.4, 0.5) is 11.4 Å². The monoisotopic (exact) mass is 880 g/mol. The first-order valence-corrected chi connectivity index (χ1v) is 23.9.